The second-order valence-electron chi connectivity index (χ2n) is 5.41. The third kappa shape index (κ3) is 2.78. The zero-order chi connectivity index (χ0) is 12.3. The Morgan fingerprint density at radius 2 is 2.35 bits per heavy atom. The van der Waals surface area contributed by atoms with E-state index in [2.05, 4.69) is 17.3 Å². The molecule has 1 unspecified atom stereocenters. The van der Waals surface area contributed by atoms with Crippen LogP contribution in [0.5, 0.6) is 0 Å². The molecule has 2 N–H and O–H groups in total. The third-order valence-electron chi connectivity index (χ3n) is 3.81. The fourth-order valence-corrected chi connectivity index (χ4v) is 2.51. The zero-order valence-electron chi connectivity index (χ0n) is 10.4. The van der Waals surface area contributed by atoms with E-state index in [1.807, 2.05) is 0 Å². The number of ether oxygens (including phenoxy) is 1. The Morgan fingerprint density at radius 1 is 1.59 bits per heavy atom. The van der Waals surface area contributed by atoms with E-state index >= 15 is 0 Å². The summed E-state index contributed by atoms with van der Waals surface area (Å²) in [5.74, 6) is 0.480. The molecule has 0 radical (unpaired) electrons. The summed E-state index contributed by atoms with van der Waals surface area (Å²) in [5.41, 5.74) is -0.666. The molecule has 0 aromatic rings. The minimum Gasteiger partial charge on any atom is -0.395 e. The summed E-state index contributed by atoms with van der Waals surface area (Å²) in [4.78, 5) is 14.2. The second kappa shape index (κ2) is 5.33. The van der Waals surface area contributed by atoms with Crippen molar-refractivity contribution in [1.29, 1.82) is 0 Å². The van der Waals surface area contributed by atoms with E-state index in [1.165, 1.54) is 12.8 Å². The monoisotopic (exact) mass is 242 g/mol. The Kier molecular flexibility index (Phi) is 4.01. The molecular weight excluding hydrogens is 220 g/mol. The van der Waals surface area contributed by atoms with Crippen LogP contribution in [0.4, 0.5) is 0 Å². The molecule has 0 aromatic heterocycles. The van der Waals surface area contributed by atoms with Gasteiger partial charge in [0.05, 0.1) is 19.8 Å². The molecule has 2 rings (SSSR count). The van der Waals surface area contributed by atoms with Gasteiger partial charge in [0, 0.05) is 13.1 Å². The maximum Gasteiger partial charge on any atom is 0.233 e. The SMILES string of the molecule is CN1CCCC(CNC(=O)C2(CO)COC2)C1. The number of carbonyl (C=O) groups is 1. The molecule has 5 nitrogen and oxygen atoms in total. The molecular formula is C12H22N2O3. The van der Waals surface area contributed by atoms with Gasteiger partial charge in [0.25, 0.3) is 0 Å². The molecule has 98 valence electrons. The average Bonchev–Trinajstić information content (AvgIpc) is 2.26. The fourth-order valence-electron chi connectivity index (χ4n) is 2.51. The van der Waals surface area contributed by atoms with Crippen LogP contribution >= 0.6 is 0 Å². The van der Waals surface area contributed by atoms with Crippen molar-refractivity contribution in [3.63, 3.8) is 0 Å². The van der Waals surface area contributed by atoms with Crippen LogP contribution in [0.2, 0.25) is 0 Å². The van der Waals surface area contributed by atoms with Crippen LogP contribution < -0.4 is 5.32 Å². The number of aliphatic hydroxyl groups is 1. The number of piperidine rings is 1. The Bertz CT molecular complexity index is 273. The predicted molar refractivity (Wildman–Crippen MR) is 63.6 cm³/mol. The standard InChI is InChI=1S/C12H22N2O3/c1-14-4-2-3-10(6-14)5-13-11(16)12(7-15)8-17-9-12/h10,15H,2-9H2,1H3,(H,13,16). The van der Waals surface area contributed by atoms with Crippen LogP contribution in [0.3, 0.4) is 0 Å². The normalized spacial score (nSPS) is 28.5. The van der Waals surface area contributed by atoms with Crippen LogP contribution in [0.1, 0.15) is 12.8 Å². The van der Waals surface area contributed by atoms with Crippen molar-refractivity contribution in [2.45, 2.75) is 12.8 Å². The largest absolute Gasteiger partial charge is 0.395 e. The molecule has 2 aliphatic heterocycles. The number of carbonyl (C=O) groups excluding carboxylic acids is 1. The molecule has 1 atom stereocenters. The van der Waals surface area contributed by atoms with Crippen LogP contribution in [0.15, 0.2) is 0 Å². The van der Waals surface area contributed by atoms with Gasteiger partial charge in [0.15, 0.2) is 0 Å². The first-order valence-corrected chi connectivity index (χ1v) is 6.32. The van der Waals surface area contributed by atoms with Crippen LogP contribution in [0, 0.1) is 11.3 Å². The maximum absolute atomic E-state index is 11.9. The molecule has 2 heterocycles. The number of hydrogen-bond acceptors (Lipinski definition) is 4. The Labute approximate surface area is 102 Å². The molecule has 0 bridgehead atoms. The smallest absolute Gasteiger partial charge is 0.233 e. The Hall–Kier alpha value is -0.650. The number of aliphatic hydroxyl groups excluding tert-OH is 1. The summed E-state index contributed by atoms with van der Waals surface area (Å²) >= 11 is 0. The van der Waals surface area contributed by atoms with E-state index in [4.69, 9.17) is 4.74 Å². The van der Waals surface area contributed by atoms with Gasteiger partial charge in [-0.05, 0) is 32.4 Å². The van der Waals surface area contributed by atoms with Crippen molar-refractivity contribution < 1.29 is 14.6 Å². The highest BCUT2D eigenvalue weighted by molar-refractivity contribution is 5.83. The maximum atomic E-state index is 11.9. The van der Waals surface area contributed by atoms with E-state index in [0.29, 0.717) is 25.7 Å². The minimum atomic E-state index is -0.666. The molecule has 5 heteroatoms. The number of hydrogen-bond donors (Lipinski definition) is 2. The highest BCUT2D eigenvalue weighted by Crippen LogP contribution is 2.27. The topological polar surface area (TPSA) is 61.8 Å². The van der Waals surface area contributed by atoms with Gasteiger partial charge in [-0.3, -0.25) is 4.79 Å². The van der Waals surface area contributed by atoms with Crippen LogP contribution in [-0.4, -0.2) is 62.4 Å². The molecule has 0 spiro atoms. The molecule has 2 aliphatic rings. The zero-order valence-corrected chi connectivity index (χ0v) is 10.4. The van der Waals surface area contributed by atoms with Gasteiger partial charge in [-0.15, -0.1) is 0 Å². The van der Waals surface area contributed by atoms with Crippen LogP contribution in [-0.2, 0) is 9.53 Å². The number of rotatable bonds is 4. The van der Waals surface area contributed by atoms with Gasteiger partial charge < -0.3 is 20.1 Å². The first kappa shape index (κ1) is 12.8. The highest BCUT2D eigenvalue weighted by Gasteiger charge is 2.45. The number of likely N-dealkylation sites (tertiary alicyclic amines) is 1. The van der Waals surface area contributed by atoms with Crippen molar-refractivity contribution in [2.24, 2.45) is 11.3 Å². The summed E-state index contributed by atoms with van der Waals surface area (Å²) in [6, 6.07) is 0. The van der Waals surface area contributed by atoms with Gasteiger partial charge >= 0.3 is 0 Å². The van der Waals surface area contributed by atoms with Gasteiger partial charge in [-0.2, -0.15) is 0 Å². The molecule has 0 aromatic carbocycles. The van der Waals surface area contributed by atoms with Crippen molar-refractivity contribution >= 4 is 5.91 Å². The van der Waals surface area contributed by atoms with E-state index < -0.39 is 5.41 Å². The molecule has 1 amide bonds. The van der Waals surface area contributed by atoms with E-state index in [0.717, 1.165) is 13.1 Å². The second-order valence-corrected chi connectivity index (χ2v) is 5.41. The van der Waals surface area contributed by atoms with Gasteiger partial charge in [-0.1, -0.05) is 0 Å². The quantitative estimate of drug-likeness (QED) is 0.694. The van der Waals surface area contributed by atoms with Crippen molar-refractivity contribution in [3.8, 4) is 0 Å². The lowest BCUT2D eigenvalue weighted by Gasteiger charge is -2.38. The summed E-state index contributed by atoms with van der Waals surface area (Å²) < 4.78 is 5.03. The third-order valence-corrected chi connectivity index (χ3v) is 3.81. The lowest BCUT2D eigenvalue weighted by molar-refractivity contribution is -0.170. The molecule has 2 fully saturated rings. The fraction of sp³-hybridized carbons (Fsp3) is 0.917. The van der Waals surface area contributed by atoms with E-state index in [9.17, 15) is 9.90 Å². The van der Waals surface area contributed by atoms with Crippen LogP contribution in [0.25, 0.3) is 0 Å². The summed E-state index contributed by atoms with van der Waals surface area (Å²) in [6.45, 7) is 3.48. The first-order chi connectivity index (χ1) is 8.16. The lowest BCUT2D eigenvalue weighted by Crippen LogP contribution is -2.57. The molecule has 0 aliphatic carbocycles. The minimum absolute atomic E-state index is 0.0560. The number of amides is 1. The number of nitrogens with one attached hydrogen (secondary N) is 1. The van der Waals surface area contributed by atoms with E-state index in [-0.39, 0.29) is 12.5 Å². The first-order valence-electron chi connectivity index (χ1n) is 6.32. The Balaban J connectivity index is 1.75. The molecule has 17 heavy (non-hydrogen) atoms. The number of nitrogens with zero attached hydrogens (tertiary/aromatic N) is 1. The predicted octanol–water partition coefficient (Wildman–Crippen LogP) is -0.547. The van der Waals surface area contributed by atoms with Crippen molar-refractivity contribution in [2.75, 3.05) is 46.5 Å². The molecule has 0 saturated carbocycles. The average molecular weight is 242 g/mol. The van der Waals surface area contributed by atoms with Crippen molar-refractivity contribution in [1.82, 2.24) is 10.2 Å². The Morgan fingerprint density at radius 3 is 2.88 bits per heavy atom. The summed E-state index contributed by atoms with van der Waals surface area (Å²) in [6.07, 6.45) is 2.37. The molecule has 2 saturated heterocycles. The van der Waals surface area contributed by atoms with Gasteiger partial charge in [-0.25, -0.2) is 0 Å². The van der Waals surface area contributed by atoms with Crippen molar-refractivity contribution in [3.05, 3.63) is 0 Å². The summed E-state index contributed by atoms with van der Waals surface area (Å²) in [7, 11) is 2.11. The van der Waals surface area contributed by atoms with Gasteiger partial charge in [0.2, 0.25) is 5.91 Å². The highest BCUT2D eigenvalue weighted by atomic mass is 16.5. The van der Waals surface area contributed by atoms with E-state index in [1.54, 1.807) is 0 Å². The lowest BCUT2D eigenvalue weighted by atomic mass is 9.85. The summed E-state index contributed by atoms with van der Waals surface area (Å²) in [5, 5.41) is 12.2. The van der Waals surface area contributed by atoms with Gasteiger partial charge in [0.1, 0.15) is 5.41 Å².